The molecule has 0 saturated heterocycles. The number of hydrogen-bond acceptors (Lipinski definition) is 1. The maximum atomic E-state index is 10.5. The Hall–Kier alpha value is -1.11. The van der Waals surface area contributed by atoms with Crippen LogP contribution in [0.4, 0.5) is 0 Å². The van der Waals surface area contributed by atoms with Crippen molar-refractivity contribution in [2.45, 2.75) is 116 Å². The van der Waals surface area contributed by atoms with E-state index in [-0.39, 0.29) is 11.2 Å². The average Bonchev–Trinajstić information content (AvgIpc) is 2.58. The summed E-state index contributed by atoms with van der Waals surface area (Å²) in [6, 6.07) is 8.45. The highest BCUT2D eigenvalue weighted by Crippen LogP contribution is 2.12. The number of benzene rings is 1. The molecule has 0 unspecified atom stereocenters. The molecule has 0 heterocycles. The van der Waals surface area contributed by atoms with E-state index < -0.39 is 0 Å². The van der Waals surface area contributed by atoms with Gasteiger partial charge in [0, 0.05) is 5.41 Å². The molecular formula is C26H52O. The van der Waals surface area contributed by atoms with E-state index in [0.29, 0.717) is 0 Å². The molecule has 0 amide bonds. The van der Waals surface area contributed by atoms with Gasteiger partial charge in [0.2, 0.25) is 0 Å². The van der Waals surface area contributed by atoms with E-state index in [1.54, 1.807) is 6.92 Å². The quantitative estimate of drug-likeness (QED) is 0.476. The van der Waals surface area contributed by atoms with Crippen LogP contribution in [-0.2, 0) is 4.79 Å². The molecular weight excluding hydrogens is 328 g/mol. The normalized spacial score (nSPS) is 9.26. The number of carbonyl (C=O) groups excluding carboxylic acids is 1. The highest BCUT2D eigenvalue weighted by Gasteiger charge is 2.14. The first kappa shape index (κ1) is 33.5. The maximum absolute atomic E-state index is 10.5. The summed E-state index contributed by atoms with van der Waals surface area (Å²) in [6.45, 7) is 26.4. The van der Waals surface area contributed by atoms with Gasteiger partial charge >= 0.3 is 0 Å². The Kier molecular flexibility index (Phi) is 28.4. The molecule has 0 atom stereocenters. The van der Waals surface area contributed by atoms with Gasteiger partial charge in [0.05, 0.1) is 0 Å². The number of unbranched alkanes of at least 4 members (excludes halogenated alkanes) is 2. The molecule has 1 aromatic rings. The van der Waals surface area contributed by atoms with Gasteiger partial charge in [-0.1, -0.05) is 130 Å². The second kappa shape index (κ2) is 22.9. The highest BCUT2D eigenvalue weighted by molar-refractivity contribution is 5.80. The van der Waals surface area contributed by atoms with Crippen molar-refractivity contribution in [2.75, 3.05) is 0 Å². The molecule has 0 bridgehead atoms. The molecule has 27 heavy (non-hydrogen) atoms. The first-order chi connectivity index (χ1) is 12.5. The van der Waals surface area contributed by atoms with Crippen molar-refractivity contribution >= 4 is 5.78 Å². The lowest BCUT2D eigenvalue weighted by Crippen LogP contribution is -2.15. The summed E-state index contributed by atoms with van der Waals surface area (Å²) in [7, 11) is 0. The van der Waals surface area contributed by atoms with Crippen LogP contribution >= 0.6 is 0 Å². The Morgan fingerprint density at radius 3 is 1.48 bits per heavy atom. The van der Waals surface area contributed by atoms with Crippen LogP contribution in [0.5, 0.6) is 0 Å². The first-order valence-electron chi connectivity index (χ1n) is 11.0. The third kappa shape index (κ3) is 33.0. The lowest BCUT2D eigenvalue weighted by molar-refractivity contribution is -0.124. The number of aryl methyl sites for hydroxylation is 2. The van der Waals surface area contributed by atoms with Crippen molar-refractivity contribution in [3.8, 4) is 0 Å². The summed E-state index contributed by atoms with van der Waals surface area (Å²) in [4.78, 5) is 10.5. The standard InChI is InChI=1S/C8H10.C8H18.C6H12O.2C2H6/c1-7-4-3-5-8(2)6-7;1-4-5-6-7-8(2)3;1-5(7)6(2,3)4;2*1-2/h3-6H,1-2H3;8H,4-7H2,1-3H3;1-4H3;2*1-2H3. The zero-order chi connectivity index (χ0) is 22.5. The fourth-order valence-electron chi connectivity index (χ4n) is 1.61. The van der Waals surface area contributed by atoms with Gasteiger partial charge < -0.3 is 0 Å². The van der Waals surface area contributed by atoms with Crippen molar-refractivity contribution in [1.82, 2.24) is 0 Å². The van der Waals surface area contributed by atoms with Crippen LogP contribution < -0.4 is 0 Å². The van der Waals surface area contributed by atoms with Crippen LogP contribution in [-0.4, -0.2) is 5.78 Å². The molecule has 0 aliphatic rings. The minimum atomic E-state index is -0.139. The number of carbonyl (C=O) groups is 1. The molecule has 0 fully saturated rings. The van der Waals surface area contributed by atoms with Crippen molar-refractivity contribution in [3.63, 3.8) is 0 Å². The topological polar surface area (TPSA) is 17.1 Å². The minimum Gasteiger partial charge on any atom is -0.299 e. The van der Waals surface area contributed by atoms with Crippen molar-refractivity contribution in [2.24, 2.45) is 11.3 Å². The summed E-state index contributed by atoms with van der Waals surface area (Å²) in [5.41, 5.74) is 2.54. The molecule has 0 saturated carbocycles. The van der Waals surface area contributed by atoms with E-state index in [4.69, 9.17) is 0 Å². The van der Waals surface area contributed by atoms with E-state index in [0.717, 1.165) is 5.92 Å². The molecule has 1 aromatic carbocycles. The van der Waals surface area contributed by atoms with E-state index in [1.165, 1.54) is 36.8 Å². The number of Topliss-reactive ketones (excluding diaryl/α,β-unsaturated/α-hetero) is 1. The van der Waals surface area contributed by atoms with Crippen molar-refractivity contribution in [3.05, 3.63) is 35.4 Å². The van der Waals surface area contributed by atoms with Gasteiger partial charge in [-0.05, 0) is 26.7 Å². The minimum absolute atomic E-state index is 0.139. The summed E-state index contributed by atoms with van der Waals surface area (Å²) >= 11 is 0. The van der Waals surface area contributed by atoms with Gasteiger partial charge in [-0.15, -0.1) is 0 Å². The van der Waals surface area contributed by atoms with Gasteiger partial charge in [-0.25, -0.2) is 0 Å². The molecule has 0 N–H and O–H groups in total. The predicted molar refractivity (Wildman–Crippen MR) is 128 cm³/mol. The second-order valence-electron chi connectivity index (χ2n) is 7.85. The molecule has 0 aliphatic heterocycles. The van der Waals surface area contributed by atoms with Gasteiger partial charge in [0.15, 0.2) is 0 Å². The van der Waals surface area contributed by atoms with Crippen LogP contribution in [0.2, 0.25) is 0 Å². The average molecular weight is 381 g/mol. The monoisotopic (exact) mass is 380 g/mol. The van der Waals surface area contributed by atoms with Crippen molar-refractivity contribution < 1.29 is 4.79 Å². The van der Waals surface area contributed by atoms with Crippen LogP contribution in [0.1, 0.15) is 113 Å². The van der Waals surface area contributed by atoms with E-state index in [9.17, 15) is 4.79 Å². The smallest absolute Gasteiger partial charge is 0.135 e. The zero-order valence-electron chi connectivity index (χ0n) is 21.1. The number of rotatable bonds is 4. The van der Waals surface area contributed by atoms with Crippen LogP contribution in [0.3, 0.4) is 0 Å². The largest absolute Gasteiger partial charge is 0.299 e. The summed E-state index contributed by atoms with van der Waals surface area (Å²) < 4.78 is 0. The van der Waals surface area contributed by atoms with Gasteiger partial charge in [0.1, 0.15) is 5.78 Å². The third-order valence-electron chi connectivity index (χ3n) is 3.61. The Labute approximate surface area is 173 Å². The maximum Gasteiger partial charge on any atom is 0.135 e. The molecule has 1 rings (SSSR count). The molecule has 0 aliphatic carbocycles. The fourth-order valence-corrected chi connectivity index (χ4v) is 1.61. The molecule has 0 radical (unpaired) electrons. The second-order valence-corrected chi connectivity index (χ2v) is 7.85. The molecule has 1 nitrogen and oxygen atoms in total. The van der Waals surface area contributed by atoms with E-state index in [2.05, 4.69) is 58.9 Å². The van der Waals surface area contributed by atoms with Crippen LogP contribution in [0.25, 0.3) is 0 Å². The molecule has 1 heteroatoms. The summed E-state index contributed by atoms with van der Waals surface area (Å²) in [6.07, 6.45) is 5.60. The van der Waals surface area contributed by atoms with E-state index >= 15 is 0 Å². The lowest BCUT2D eigenvalue weighted by atomic mass is 9.92. The SMILES string of the molecule is CC.CC.CC(=O)C(C)(C)C.CCCCCC(C)C.Cc1cccc(C)c1. The Morgan fingerprint density at radius 2 is 1.30 bits per heavy atom. The molecule has 162 valence electrons. The van der Waals surface area contributed by atoms with Crippen LogP contribution in [0, 0.1) is 25.2 Å². The summed E-state index contributed by atoms with van der Waals surface area (Å²) in [5.74, 6) is 1.15. The predicted octanol–water partition coefficient (Wildman–Crippen LogP) is 9.20. The van der Waals surface area contributed by atoms with Gasteiger partial charge in [0.25, 0.3) is 0 Å². The van der Waals surface area contributed by atoms with Gasteiger partial charge in [-0.2, -0.15) is 0 Å². The van der Waals surface area contributed by atoms with Crippen LogP contribution in [0.15, 0.2) is 24.3 Å². The Balaban J connectivity index is -0.000000134. The van der Waals surface area contributed by atoms with Crippen molar-refractivity contribution in [1.29, 1.82) is 0 Å². The number of hydrogen-bond donors (Lipinski definition) is 0. The summed E-state index contributed by atoms with van der Waals surface area (Å²) in [5, 5.41) is 0. The highest BCUT2D eigenvalue weighted by atomic mass is 16.1. The zero-order valence-corrected chi connectivity index (χ0v) is 21.1. The third-order valence-corrected chi connectivity index (χ3v) is 3.61. The Morgan fingerprint density at radius 1 is 0.926 bits per heavy atom. The Bertz CT molecular complexity index is 393. The van der Waals surface area contributed by atoms with E-state index in [1.807, 2.05) is 48.5 Å². The number of ketones is 1. The molecule has 0 spiro atoms. The fraction of sp³-hybridized carbons (Fsp3) is 0.731. The lowest BCUT2D eigenvalue weighted by Gasteiger charge is -2.11. The first-order valence-corrected chi connectivity index (χ1v) is 11.0. The molecule has 0 aromatic heterocycles. The van der Waals surface area contributed by atoms with Gasteiger partial charge in [-0.3, -0.25) is 4.79 Å².